The fourth-order valence-corrected chi connectivity index (χ4v) is 5.87. The van der Waals surface area contributed by atoms with Gasteiger partial charge in [-0.2, -0.15) is 5.10 Å². The Labute approximate surface area is 206 Å². The second-order valence-corrected chi connectivity index (χ2v) is 9.44. The minimum Gasteiger partial charge on any atom is -0.480 e. The lowest BCUT2D eigenvalue weighted by atomic mass is 9.98. The molecule has 1 aliphatic carbocycles. The van der Waals surface area contributed by atoms with Gasteiger partial charge in [0.05, 0.1) is 11.6 Å². The molecular formula is C25H24N4O5S. The molecule has 2 atom stereocenters. The molecule has 3 aromatic rings. The number of carbonyl (C=O) groups is 3. The highest BCUT2D eigenvalue weighted by molar-refractivity contribution is 7.99. The van der Waals surface area contributed by atoms with Gasteiger partial charge in [0.15, 0.2) is 6.04 Å². The van der Waals surface area contributed by atoms with Gasteiger partial charge in [-0.1, -0.05) is 48.5 Å². The van der Waals surface area contributed by atoms with Crippen LogP contribution in [0, 0.1) is 0 Å². The topological polar surface area (TPSA) is 114 Å². The Morgan fingerprint density at radius 3 is 2.37 bits per heavy atom. The molecule has 0 saturated carbocycles. The quantitative estimate of drug-likeness (QED) is 0.544. The number of carboxylic acids is 1. The number of benzene rings is 2. The molecule has 1 aliphatic heterocycles. The van der Waals surface area contributed by atoms with Crippen molar-refractivity contribution in [1.29, 1.82) is 0 Å². The first-order valence-electron chi connectivity index (χ1n) is 11.2. The fraction of sp³-hybridized carbons (Fsp3) is 0.280. The zero-order valence-corrected chi connectivity index (χ0v) is 19.8. The molecular weight excluding hydrogens is 468 g/mol. The molecule has 1 aromatic heterocycles. The highest BCUT2D eigenvalue weighted by Gasteiger charge is 2.40. The second-order valence-electron chi connectivity index (χ2n) is 8.44. The van der Waals surface area contributed by atoms with Gasteiger partial charge in [0.25, 0.3) is 5.91 Å². The molecule has 2 amide bonds. The van der Waals surface area contributed by atoms with Crippen molar-refractivity contribution in [3.05, 3.63) is 77.6 Å². The third-order valence-electron chi connectivity index (χ3n) is 6.46. The third-order valence-corrected chi connectivity index (χ3v) is 7.47. The van der Waals surface area contributed by atoms with E-state index in [0.29, 0.717) is 11.4 Å². The first-order valence-corrected chi connectivity index (χ1v) is 12.3. The van der Waals surface area contributed by atoms with Crippen LogP contribution < -0.4 is 5.32 Å². The molecule has 1 unspecified atom stereocenters. The van der Waals surface area contributed by atoms with Crippen molar-refractivity contribution in [2.45, 2.75) is 18.0 Å². The minimum absolute atomic E-state index is 0.101. The molecule has 1 fully saturated rings. The Kier molecular flexibility index (Phi) is 6.21. The summed E-state index contributed by atoms with van der Waals surface area (Å²) in [4.78, 5) is 39.2. The largest absolute Gasteiger partial charge is 0.480 e. The van der Waals surface area contributed by atoms with Crippen molar-refractivity contribution >= 4 is 29.7 Å². The molecule has 2 aliphatic rings. The molecule has 10 heteroatoms. The molecule has 9 nitrogen and oxygen atoms in total. The van der Waals surface area contributed by atoms with Gasteiger partial charge in [0, 0.05) is 24.9 Å². The van der Waals surface area contributed by atoms with E-state index in [-0.39, 0.29) is 18.4 Å². The maximum absolute atomic E-state index is 13.4. The van der Waals surface area contributed by atoms with E-state index in [0.717, 1.165) is 22.3 Å². The number of nitrogens with zero attached hydrogens (tertiary/aromatic N) is 3. The predicted octanol–water partition coefficient (Wildman–Crippen LogP) is 2.99. The maximum atomic E-state index is 13.4. The predicted molar refractivity (Wildman–Crippen MR) is 130 cm³/mol. The molecule has 0 radical (unpaired) electrons. The van der Waals surface area contributed by atoms with Crippen LogP contribution in [0.1, 0.15) is 28.8 Å². The summed E-state index contributed by atoms with van der Waals surface area (Å²) in [5.41, 5.74) is 4.83. The molecule has 35 heavy (non-hydrogen) atoms. The molecule has 0 spiro atoms. The lowest BCUT2D eigenvalue weighted by Gasteiger charge is -2.26. The number of hydrogen-bond acceptors (Lipinski definition) is 6. The van der Waals surface area contributed by atoms with Crippen molar-refractivity contribution in [3.8, 4) is 11.1 Å². The molecule has 0 bridgehead atoms. The molecule has 180 valence electrons. The lowest BCUT2D eigenvalue weighted by molar-refractivity contribution is -0.148. The van der Waals surface area contributed by atoms with E-state index in [2.05, 4.69) is 22.5 Å². The number of aromatic nitrogens is 2. The van der Waals surface area contributed by atoms with Crippen LogP contribution in [0.2, 0.25) is 0 Å². The van der Waals surface area contributed by atoms with Crippen LogP contribution in [0.5, 0.6) is 0 Å². The first kappa shape index (κ1) is 23.0. The Bertz CT molecular complexity index is 1250. The number of thioether (sulfide) groups is 1. The smallest absolute Gasteiger partial charge is 0.408 e. The first-order chi connectivity index (χ1) is 17.0. The van der Waals surface area contributed by atoms with Crippen LogP contribution in [0.4, 0.5) is 4.79 Å². The number of rotatable bonds is 6. The molecule has 2 heterocycles. The zero-order chi connectivity index (χ0) is 24.5. The van der Waals surface area contributed by atoms with Crippen LogP contribution in [-0.4, -0.2) is 62.0 Å². The Hall–Kier alpha value is -3.79. The van der Waals surface area contributed by atoms with E-state index in [1.54, 1.807) is 13.1 Å². The van der Waals surface area contributed by atoms with E-state index in [1.807, 2.05) is 36.4 Å². The summed E-state index contributed by atoms with van der Waals surface area (Å²) in [6, 6.07) is 15.6. The number of hydrogen-bond donors (Lipinski definition) is 2. The number of alkyl carbamates (subject to hydrolysis) is 1. The summed E-state index contributed by atoms with van der Waals surface area (Å²) >= 11 is 1.36. The van der Waals surface area contributed by atoms with Gasteiger partial charge in [-0.15, -0.1) is 11.8 Å². The van der Waals surface area contributed by atoms with E-state index >= 15 is 0 Å². The fourth-order valence-electron chi connectivity index (χ4n) is 4.72. The molecule has 5 rings (SSSR count). The van der Waals surface area contributed by atoms with Gasteiger partial charge in [0.2, 0.25) is 0 Å². The molecule has 2 N–H and O–H groups in total. The number of fused-ring (bicyclic) bond motifs is 3. The minimum atomic E-state index is -1.13. The third kappa shape index (κ3) is 4.25. The van der Waals surface area contributed by atoms with Crippen molar-refractivity contribution in [3.63, 3.8) is 0 Å². The van der Waals surface area contributed by atoms with Crippen molar-refractivity contribution in [1.82, 2.24) is 20.0 Å². The van der Waals surface area contributed by atoms with Gasteiger partial charge in [-0.05, 0) is 28.3 Å². The number of ether oxygens (including phenoxy) is 1. The molecule has 1 saturated heterocycles. The Balaban J connectivity index is 1.34. The van der Waals surface area contributed by atoms with E-state index < -0.39 is 30.1 Å². The zero-order valence-electron chi connectivity index (χ0n) is 19.0. The number of carboxylic acid groups (broad SMARTS) is 1. The van der Waals surface area contributed by atoms with Gasteiger partial charge in [0.1, 0.15) is 12.6 Å². The van der Waals surface area contributed by atoms with Gasteiger partial charge >= 0.3 is 12.1 Å². The van der Waals surface area contributed by atoms with Gasteiger partial charge in [-0.25, -0.2) is 9.59 Å². The van der Waals surface area contributed by atoms with Crippen molar-refractivity contribution in [2.75, 3.05) is 18.2 Å². The number of aryl methyl sites for hydroxylation is 1. The summed E-state index contributed by atoms with van der Waals surface area (Å²) < 4.78 is 7.10. The lowest BCUT2D eigenvalue weighted by Crippen LogP contribution is -2.48. The van der Waals surface area contributed by atoms with E-state index in [9.17, 15) is 19.5 Å². The van der Waals surface area contributed by atoms with Crippen LogP contribution in [0.3, 0.4) is 0 Å². The number of nitrogens with one attached hydrogen (secondary N) is 1. The second kappa shape index (κ2) is 9.46. The van der Waals surface area contributed by atoms with Gasteiger partial charge < -0.3 is 20.1 Å². The van der Waals surface area contributed by atoms with Crippen molar-refractivity contribution < 1.29 is 24.2 Å². The maximum Gasteiger partial charge on any atom is 0.408 e. The van der Waals surface area contributed by atoms with Crippen molar-refractivity contribution in [2.24, 2.45) is 7.05 Å². The van der Waals surface area contributed by atoms with Crippen LogP contribution in [0.25, 0.3) is 11.1 Å². The summed E-state index contributed by atoms with van der Waals surface area (Å²) in [6.45, 7) is 0.101. The summed E-state index contributed by atoms with van der Waals surface area (Å²) in [5, 5.41) is 16.3. The van der Waals surface area contributed by atoms with Gasteiger partial charge in [-0.3, -0.25) is 9.48 Å². The molecule has 2 aromatic carbocycles. The normalized spacial score (nSPS) is 17.5. The summed E-state index contributed by atoms with van der Waals surface area (Å²) in [7, 11) is 1.66. The SMILES string of the molecule is Cn1nccc1C(NC(=O)OCC1c2ccccc2-c2ccccc21)C(=O)N1CSC[C@H]1C(=O)O. The average Bonchev–Trinajstić information content (AvgIpc) is 3.58. The summed E-state index contributed by atoms with van der Waals surface area (Å²) in [5.74, 6) is -1.18. The number of carbonyl (C=O) groups excluding carboxylic acids is 2. The Morgan fingerprint density at radius 2 is 1.77 bits per heavy atom. The van der Waals surface area contributed by atoms with Crippen LogP contribution in [-0.2, 0) is 21.4 Å². The van der Waals surface area contributed by atoms with Crippen LogP contribution in [0.15, 0.2) is 60.8 Å². The highest BCUT2D eigenvalue weighted by atomic mass is 32.2. The van der Waals surface area contributed by atoms with E-state index in [4.69, 9.17) is 4.74 Å². The Morgan fingerprint density at radius 1 is 1.11 bits per heavy atom. The number of amides is 2. The number of aliphatic carboxylic acids is 1. The van der Waals surface area contributed by atoms with E-state index in [1.165, 1.54) is 27.5 Å². The monoisotopic (exact) mass is 492 g/mol. The average molecular weight is 493 g/mol. The highest BCUT2D eigenvalue weighted by Crippen LogP contribution is 2.44. The standard InChI is InChI=1S/C25H24N4O5S/c1-28-20(10-11-26-28)22(23(30)29-14-35-13-21(29)24(31)32)27-25(33)34-12-19-17-8-4-2-6-15(17)16-7-3-5-9-18(16)19/h2-11,19,21-22H,12-14H2,1H3,(H,27,33)(H,31,32)/t21-,22?/m0/s1. The van der Waals surface area contributed by atoms with Crippen LogP contribution >= 0.6 is 11.8 Å². The summed E-state index contributed by atoms with van der Waals surface area (Å²) in [6.07, 6.45) is 0.757.